The lowest BCUT2D eigenvalue weighted by atomic mass is 10.00. The predicted molar refractivity (Wildman–Crippen MR) is 59.7 cm³/mol. The number of benzene rings is 1. The van der Waals surface area contributed by atoms with Gasteiger partial charge < -0.3 is 5.11 Å². The van der Waals surface area contributed by atoms with Gasteiger partial charge in [-0.05, 0) is 49.6 Å². The van der Waals surface area contributed by atoms with Gasteiger partial charge >= 0.3 is 0 Å². The summed E-state index contributed by atoms with van der Waals surface area (Å²) in [5.74, 6) is 0. The van der Waals surface area contributed by atoms with Gasteiger partial charge in [-0.1, -0.05) is 0 Å². The Hall–Kier alpha value is -0.870. The van der Waals surface area contributed by atoms with Gasteiger partial charge in [0.2, 0.25) is 0 Å². The Balaban J connectivity index is 3.50. The van der Waals surface area contributed by atoms with Crippen LogP contribution >= 0.6 is 0 Å². The maximum Gasteiger partial charge on any atom is 0.175 e. The second kappa shape index (κ2) is 3.94. The molecule has 15 heavy (non-hydrogen) atoms. The molecular formula is C11H16O3S. The van der Waals surface area contributed by atoms with E-state index in [1.807, 2.05) is 13.8 Å². The van der Waals surface area contributed by atoms with E-state index in [2.05, 4.69) is 0 Å². The normalized spacial score (nSPS) is 13.9. The summed E-state index contributed by atoms with van der Waals surface area (Å²) in [7, 11) is -3.21. The second-order valence-corrected chi connectivity index (χ2v) is 5.92. The Kier molecular flexibility index (Phi) is 3.21. The van der Waals surface area contributed by atoms with Crippen LogP contribution in [0.15, 0.2) is 17.0 Å². The molecule has 3 nitrogen and oxygen atoms in total. The topological polar surface area (TPSA) is 54.4 Å². The van der Waals surface area contributed by atoms with Crippen molar-refractivity contribution in [3.63, 3.8) is 0 Å². The van der Waals surface area contributed by atoms with E-state index < -0.39 is 15.9 Å². The average Bonchev–Trinajstić information content (AvgIpc) is 2.06. The van der Waals surface area contributed by atoms with E-state index in [0.29, 0.717) is 5.56 Å². The lowest BCUT2D eigenvalue weighted by Gasteiger charge is -2.13. The third kappa shape index (κ3) is 2.58. The molecule has 0 bridgehead atoms. The van der Waals surface area contributed by atoms with Crippen LogP contribution in [0, 0.1) is 13.8 Å². The van der Waals surface area contributed by atoms with Crippen LogP contribution < -0.4 is 0 Å². The quantitative estimate of drug-likeness (QED) is 0.839. The summed E-state index contributed by atoms with van der Waals surface area (Å²) in [5, 5.41) is 9.52. The van der Waals surface area contributed by atoms with Crippen LogP contribution in [0.3, 0.4) is 0 Å². The molecule has 0 aliphatic carbocycles. The number of hydrogen-bond donors (Lipinski definition) is 1. The Morgan fingerprint density at radius 1 is 1.27 bits per heavy atom. The molecule has 1 aromatic carbocycles. The van der Waals surface area contributed by atoms with E-state index in [0.717, 1.165) is 11.1 Å². The third-order valence-electron chi connectivity index (χ3n) is 2.56. The smallest absolute Gasteiger partial charge is 0.175 e. The molecule has 4 heteroatoms. The monoisotopic (exact) mass is 228 g/mol. The molecule has 0 aromatic heterocycles. The summed E-state index contributed by atoms with van der Waals surface area (Å²) >= 11 is 0. The van der Waals surface area contributed by atoms with Gasteiger partial charge in [-0.3, -0.25) is 0 Å². The molecule has 0 saturated carbocycles. The summed E-state index contributed by atoms with van der Waals surface area (Å²) in [6.07, 6.45) is 0.522. The Morgan fingerprint density at radius 3 is 2.20 bits per heavy atom. The number of rotatable bonds is 2. The van der Waals surface area contributed by atoms with Crippen molar-refractivity contribution in [1.82, 2.24) is 0 Å². The zero-order valence-electron chi connectivity index (χ0n) is 9.40. The maximum absolute atomic E-state index is 11.4. The highest BCUT2D eigenvalue weighted by atomic mass is 32.2. The molecule has 0 aliphatic heterocycles. The van der Waals surface area contributed by atoms with E-state index in [4.69, 9.17) is 0 Å². The lowest BCUT2D eigenvalue weighted by molar-refractivity contribution is 0.198. The second-order valence-electron chi connectivity index (χ2n) is 3.90. The molecule has 1 aromatic rings. The largest absolute Gasteiger partial charge is 0.389 e. The summed E-state index contributed by atoms with van der Waals surface area (Å²) < 4.78 is 22.8. The number of aliphatic hydroxyl groups is 1. The summed E-state index contributed by atoms with van der Waals surface area (Å²) in [4.78, 5) is 0.265. The first-order valence-electron chi connectivity index (χ1n) is 4.72. The molecule has 84 valence electrons. The molecule has 1 N–H and O–H groups in total. The fourth-order valence-electron chi connectivity index (χ4n) is 1.50. The zero-order chi connectivity index (χ0) is 11.8. The molecule has 1 atom stereocenters. The van der Waals surface area contributed by atoms with Gasteiger partial charge in [-0.15, -0.1) is 0 Å². The van der Waals surface area contributed by atoms with Gasteiger partial charge in [0.25, 0.3) is 0 Å². The number of hydrogen-bond acceptors (Lipinski definition) is 3. The van der Waals surface area contributed by atoms with E-state index >= 15 is 0 Å². The maximum atomic E-state index is 11.4. The van der Waals surface area contributed by atoms with Gasteiger partial charge in [0.05, 0.1) is 11.0 Å². The highest BCUT2D eigenvalue weighted by Gasteiger charge is 2.14. The minimum absolute atomic E-state index is 0.265. The minimum Gasteiger partial charge on any atom is -0.389 e. The minimum atomic E-state index is -3.21. The fourth-order valence-corrected chi connectivity index (χ4v) is 2.23. The van der Waals surface area contributed by atoms with Gasteiger partial charge in [0, 0.05) is 6.26 Å². The standard InChI is InChI=1S/C11H16O3S/c1-7-5-10(15(4,13)14)6-11(8(7)2)9(3)12/h5-6,9,12H,1-4H3. The van der Waals surface area contributed by atoms with Crippen molar-refractivity contribution >= 4 is 9.84 Å². The Bertz CT molecular complexity index is 473. The molecule has 1 unspecified atom stereocenters. The van der Waals surface area contributed by atoms with Gasteiger partial charge in [0.1, 0.15) is 0 Å². The van der Waals surface area contributed by atoms with E-state index in [1.54, 1.807) is 19.1 Å². The van der Waals surface area contributed by atoms with Crippen LogP contribution in [0.5, 0.6) is 0 Å². The van der Waals surface area contributed by atoms with Gasteiger partial charge in [-0.25, -0.2) is 8.42 Å². The van der Waals surface area contributed by atoms with E-state index in [9.17, 15) is 13.5 Å². The predicted octanol–water partition coefficient (Wildman–Crippen LogP) is 1.76. The summed E-state index contributed by atoms with van der Waals surface area (Å²) in [5.41, 5.74) is 2.50. The first kappa shape index (κ1) is 12.2. The van der Waals surface area contributed by atoms with Gasteiger partial charge in [-0.2, -0.15) is 0 Å². The molecule has 0 aliphatic rings. The molecule has 0 radical (unpaired) electrons. The molecule has 0 fully saturated rings. The Morgan fingerprint density at radius 2 is 1.80 bits per heavy atom. The highest BCUT2D eigenvalue weighted by molar-refractivity contribution is 7.90. The molecule has 1 rings (SSSR count). The van der Waals surface area contributed by atoms with Gasteiger partial charge in [0.15, 0.2) is 9.84 Å². The number of aliphatic hydroxyl groups excluding tert-OH is 1. The van der Waals surface area contributed by atoms with E-state index in [1.165, 1.54) is 6.26 Å². The van der Waals surface area contributed by atoms with Crippen molar-refractivity contribution in [2.45, 2.75) is 31.8 Å². The van der Waals surface area contributed by atoms with Crippen molar-refractivity contribution in [3.8, 4) is 0 Å². The Labute approximate surface area is 90.7 Å². The number of sulfone groups is 1. The zero-order valence-corrected chi connectivity index (χ0v) is 10.2. The van der Waals surface area contributed by atoms with Crippen LogP contribution in [0.2, 0.25) is 0 Å². The molecule has 0 spiro atoms. The summed E-state index contributed by atoms with van der Waals surface area (Å²) in [6.45, 7) is 5.35. The first-order chi connectivity index (χ1) is 6.73. The van der Waals surface area contributed by atoms with Crippen LogP contribution in [0.1, 0.15) is 29.7 Å². The van der Waals surface area contributed by atoms with Crippen LogP contribution in [0.25, 0.3) is 0 Å². The molecule has 0 amide bonds. The van der Waals surface area contributed by atoms with Crippen molar-refractivity contribution in [2.24, 2.45) is 0 Å². The highest BCUT2D eigenvalue weighted by Crippen LogP contribution is 2.24. The van der Waals surface area contributed by atoms with Crippen molar-refractivity contribution in [2.75, 3.05) is 6.26 Å². The van der Waals surface area contributed by atoms with E-state index in [-0.39, 0.29) is 4.90 Å². The van der Waals surface area contributed by atoms with Crippen molar-refractivity contribution in [3.05, 3.63) is 28.8 Å². The summed E-state index contributed by atoms with van der Waals surface area (Å²) in [6, 6.07) is 3.18. The number of aryl methyl sites for hydroxylation is 1. The SMILES string of the molecule is Cc1cc(S(C)(=O)=O)cc(C(C)O)c1C. The van der Waals surface area contributed by atoms with Crippen LogP contribution in [-0.2, 0) is 9.84 Å². The van der Waals surface area contributed by atoms with Crippen LogP contribution in [0.4, 0.5) is 0 Å². The molecule has 0 heterocycles. The average molecular weight is 228 g/mol. The van der Waals surface area contributed by atoms with Crippen molar-refractivity contribution < 1.29 is 13.5 Å². The van der Waals surface area contributed by atoms with Crippen LogP contribution in [-0.4, -0.2) is 19.8 Å². The van der Waals surface area contributed by atoms with Crippen molar-refractivity contribution in [1.29, 1.82) is 0 Å². The first-order valence-corrected chi connectivity index (χ1v) is 6.62. The molecule has 0 saturated heterocycles. The molecular weight excluding hydrogens is 212 g/mol. The third-order valence-corrected chi connectivity index (χ3v) is 3.65. The fraction of sp³-hybridized carbons (Fsp3) is 0.455. The lowest BCUT2D eigenvalue weighted by Crippen LogP contribution is -2.03.